The summed E-state index contributed by atoms with van der Waals surface area (Å²) in [5, 5.41) is 0. The molecule has 4 aromatic rings. The molecular weight excluding hydrogens is 444 g/mol. The van der Waals surface area contributed by atoms with Gasteiger partial charge in [0.25, 0.3) is 5.91 Å². The van der Waals surface area contributed by atoms with Crippen molar-refractivity contribution in [3.63, 3.8) is 0 Å². The second-order valence-electron chi connectivity index (χ2n) is 8.40. The number of imidazole rings is 1. The zero-order valence-corrected chi connectivity index (χ0v) is 19.4. The molecule has 1 atom stereocenters. The van der Waals surface area contributed by atoms with Crippen LogP contribution in [0.15, 0.2) is 59.7 Å². The molecule has 0 saturated carbocycles. The highest BCUT2D eigenvalue weighted by molar-refractivity contribution is 5.93. The lowest BCUT2D eigenvalue weighted by molar-refractivity contribution is -0.124. The predicted molar refractivity (Wildman–Crippen MR) is 132 cm³/mol. The smallest absolute Gasteiger partial charge is 0.335 e. The van der Waals surface area contributed by atoms with Gasteiger partial charge in [-0.25, -0.2) is 14.8 Å². The fraction of sp³-hybridized carbons (Fsp3) is 0.231. The summed E-state index contributed by atoms with van der Waals surface area (Å²) in [6.07, 6.45) is 1.96. The highest BCUT2D eigenvalue weighted by atomic mass is 16.5. The van der Waals surface area contributed by atoms with Crippen molar-refractivity contribution in [2.24, 2.45) is 0 Å². The molecule has 0 spiro atoms. The van der Waals surface area contributed by atoms with Crippen LogP contribution in [0.3, 0.4) is 0 Å². The number of benzene rings is 2. The minimum absolute atomic E-state index is 0.202. The van der Waals surface area contributed by atoms with Gasteiger partial charge in [0.05, 0.1) is 11.7 Å². The topological polar surface area (TPSA) is 108 Å². The molecule has 0 aliphatic carbocycles. The van der Waals surface area contributed by atoms with Crippen molar-refractivity contribution in [3.05, 3.63) is 70.9 Å². The van der Waals surface area contributed by atoms with Crippen LogP contribution >= 0.6 is 0 Å². The molecule has 9 nitrogen and oxygen atoms in total. The van der Waals surface area contributed by atoms with Gasteiger partial charge in [0.1, 0.15) is 23.3 Å². The number of nitrogens with zero attached hydrogens (tertiary/aromatic N) is 5. The number of anilines is 1. The Morgan fingerprint density at radius 1 is 1.09 bits per heavy atom. The summed E-state index contributed by atoms with van der Waals surface area (Å²) in [7, 11) is 0. The second kappa shape index (κ2) is 8.99. The molecular formula is C26H24N6O3. The van der Waals surface area contributed by atoms with Gasteiger partial charge in [0, 0.05) is 13.1 Å². The number of rotatable bonds is 4. The van der Waals surface area contributed by atoms with E-state index in [9.17, 15) is 9.59 Å². The molecule has 1 aliphatic heterocycles. The summed E-state index contributed by atoms with van der Waals surface area (Å²) in [5.41, 5.74) is 8.54. The molecule has 2 N–H and O–H groups in total. The number of aromatic nitrogens is 4. The minimum atomic E-state index is -0.291. The van der Waals surface area contributed by atoms with Crippen molar-refractivity contribution in [2.75, 3.05) is 18.8 Å². The van der Waals surface area contributed by atoms with Crippen LogP contribution in [0.5, 0.6) is 11.5 Å². The average Bonchev–Trinajstić information content (AvgIpc) is 3.44. The number of nitrogens with two attached hydrogens (primary N) is 1. The first-order valence-corrected chi connectivity index (χ1v) is 11.3. The quantitative estimate of drug-likeness (QED) is 0.461. The molecule has 9 heteroatoms. The molecule has 35 heavy (non-hydrogen) atoms. The van der Waals surface area contributed by atoms with E-state index in [1.807, 2.05) is 31.2 Å². The van der Waals surface area contributed by atoms with Gasteiger partial charge in [-0.3, -0.25) is 13.9 Å². The Morgan fingerprint density at radius 3 is 2.46 bits per heavy atom. The number of fused-ring (bicyclic) bond motifs is 1. The van der Waals surface area contributed by atoms with Gasteiger partial charge in [-0.15, -0.1) is 0 Å². The fourth-order valence-corrected chi connectivity index (χ4v) is 4.36. The molecule has 5 rings (SSSR count). The lowest BCUT2D eigenvalue weighted by Crippen LogP contribution is -2.31. The van der Waals surface area contributed by atoms with E-state index >= 15 is 0 Å². The first kappa shape index (κ1) is 22.2. The Labute approximate surface area is 201 Å². The van der Waals surface area contributed by atoms with Gasteiger partial charge in [-0.1, -0.05) is 23.6 Å². The number of hydrogen-bond acceptors (Lipinski definition) is 6. The van der Waals surface area contributed by atoms with Gasteiger partial charge < -0.3 is 15.4 Å². The Kier molecular flexibility index (Phi) is 5.71. The maximum atomic E-state index is 13.7. The van der Waals surface area contributed by atoms with E-state index in [-0.39, 0.29) is 23.5 Å². The molecule has 1 amide bonds. The molecule has 0 radical (unpaired) electrons. The standard InChI is InChI=1S/C26H24N6O3/c1-3-4-22(33)30-14-13-19(15-30)32-25-23(24(27)28-16-29-25)31(26(32)34)18-7-11-21(12-8-18)35-20-9-5-17(2)6-10-20/h5-12,16,19H,13-15H2,1-2H3,(H2,27,28,29). The zero-order valence-electron chi connectivity index (χ0n) is 19.4. The molecule has 3 heterocycles. The molecule has 1 fully saturated rings. The number of aryl methyl sites for hydroxylation is 1. The van der Waals surface area contributed by atoms with E-state index < -0.39 is 0 Å². The molecule has 1 saturated heterocycles. The van der Waals surface area contributed by atoms with E-state index in [0.29, 0.717) is 42.1 Å². The van der Waals surface area contributed by atoms with Crippen LogP contribution in [0.2, 0.25) is 0 Å². The van der Waals surface area contributed by atoms with E-state index in [4.69, 9.17) is 10.5 Å². The highest BCUT2D eigenvalue weighted by Gasteiger charge is 2.31. The summed E-state index contributed by atoms with van der Waals surface area (Å²) in [6.45, 7) is 4.53. The number of amides is 1. The Bertz CT molecular complexity index is 1520. The number of hydrogen-bond donors (Lipinski definition) is 1. The van der Waals surface area contributed by atoms with Crippen molar-refractivity contribution in [2.45, 2.75) is 26.3 Å². The van der Waals surface area contributed by atoms with Crippen molar-refractivity contribution < 1.29 is 9.53 Å². The van der Waals surface area contributed by atoms with Crippen LogP contribution in [-0.2, 0) is 4.79 Å². The van der Waals surface area contributed by atoms with Crippen LogP contribution in [-0.4, -0.2) is 43.0 Å². The number of likely N-dealkylation sites (tertiary alicyclic amines) is 1. The predicted octanol–water partition coefficient (Wildman–Crippen LogP) is 3.06. The average molecular weight is 469 g/mol. The van der Waals surface area contributed by atoms with Crippen molar-refractivity contribution in [1.82, 2.24) is 24.0 Å². The van der Waals surface area contributed by atoms with E-state index in [2.05, 4.69) is 21.8 Å². The summed E-state index contributed by atoms with van der Waals surface area (Å²) in [5.74, 6) is 6.52. The number of nitrogen functional groups attached to an aromatic ring is 1. The fourth-order valence-electron chi connectivity index (χ4n) is 4.36. The number of carbonyl (C=O) groups is 1. The van der Waals surface area contributed by atoms with Crippen molar-refractivity contribution in [1.29, 1.82) is 0 Å². The zero-order chi connectivity index (χ0) is 24.5. The first-order valence-electron chi connectivity index (χ1n) is 11.3. The lowest BCUT2D eigenvalue weighted by atomic mass is 10.2. The first-order chi connectivity index (χ1) is 17.0. The Hall–Kier alpha value is -4.58. The van der Waals surface area contributed by atoms with Gasteiger partial charge in [0.2, 0.25) is 0 Å². The number of ether oxygens (including phenoxy) is 1. The van der Waals surface area contributed by atoms with Crippen LogP contribution in [0.4, 0.5) is 5.82 Å². The summed E-state index contributed by atoms with van der Waals surface area (Å²) >= 11 is 0. The minimum Gasteiger partial charge on any atom is -0.457 e. The van der Waals surface area contributed by atoms with Crippen LogP contribution in [0.25, 0.3) is 16.9 Å². The van der Waals surface area contributed by atoms with Crippen LogP contribution in [0, 0.1) is 18.8 Å². The Morgan fingerprint density at radius 2 is 1.77 bits per heavy atom. The summed E-state index contributed by atoms with van der Waals surface area (Å²) in [4.78, 5) is 36.0. The van der Waals surface area contributed by atoms with E-state index in [1.54, 1.807) is 40.7 Å². The van der Waals surface area contributed by atoms with Crippen molar-refractivity contribution >= 4 is 22.9 Å². The number of carbonyl (C=O) groups excluding carboxylic acids is 1. The van der Waals surface area contributed by atoms with Crippen LogP contribution < -0.4 is 16.2 Å². The molecule has 2 aromatic carbocycles. The van der Waals surface area contributed by atoms with E-state index in [1.165, 1.54) is 10.9 Å². The van der Waals surface area contributed by atoms with Crippen LogP contribution in [0.1, 0.15) is 24.9 Å². The second-order valence-corrected chi connectivity index (χ2v) is 8.40. The molecule has 1 unspecified atom stereocenters. The van der Waals surface area contributed by atoms with Crippen molar-refractivity contribution in [3.8, 4) is 29.0 Å². The maximum absolute atomic E-state index is 13.7. The van der Waals surface area contributed by atoms with E-state index in [0.717, 1.165) is 11.3 Å². The van der Waals surface area contributed by atoms with Gasteiger partial charge >= 0.3 is 5.69 Å². The van der Waals surface area contributed by atoms with Gasteiger partial charge in [-0.2, -0.15) is 0 Å². The SMILES string of the molecule is CC#CC(=O)N1CCC(n2c(=O)n(-c3ccc(Oc4ccc(C)cc4)cc3)c3c(N)ncnc32)C1. The normalized spacial score (nSPS) is 15.1. The third kappa shape index (κ3) is 4.10. The van der Waals surface area contributed by atoms with Gasteiger partial charge in [0.15, 0.2) is 11.5 Å². The third-order valence-electron chi connectivity index (χ3n) is 6.08. The molecule has 176 valence electrons. The monoisotopic (exact) mass is 468 g/mol. The lowest BCUT2D eigenvalue weighted by Gasteiger charge is -2.14. The maximum Gasteiger partial charge on any atom is 0.335 e. The molecule has 2 aromatic heterocycles. The highest BCUT2D eigenvalue weighted by Crippen LogP contribution is 2.28. The molecule has 0 bridgehead atoms. The summed E-state index contributed by atoms with van der Waals surface area (Å²) in [6, 6.07) is 14.7. The van der Waals surface area contributed by atoms with Gasteiger partial charge in [-0.05, 0) is 62.6 Å². The Balaban J connectivity index is 1.52. The summed E-state index contributed by atoms with van der Waals surface area (Å²) < 4.78 is 9.03. The third-order valence-corrected chi connectivity index (χ3v) is 6.08. The largest absolute Gasteiger partial charge is 0.457 e. The molecule has 1 aliphatic rings.